The van der Waals surface area contributed by atoms with Crippen molar-refractivity contribution in [3.05, 3.63) is 83.3 Å². The molecule has 0 saturated carbocycles. The number of fused-ring (bicyclic) bond motifs is 1. The van der Waals surface area contributed by atoms with E-state index in [1.54, 1.807) is 51.5 Å². The van der Waals surface area contributed by atoms with E-state index in [4.69, 9.17) is 13.9 Å². The molecule has 7 nitrogen and oxygen atoms in total. The molecule has 0 fully saturated rings. The lowest BCUT2D eigenvalue weighted by Gasteiger charge is -2.25. The maximum Gasteiger partial charge on any atom is 0.338 e. The molecular weight excluding hydrogens is 484 g/mol. The lowest BCUT2D eigenvalue weighted by molar-refractivity contribution is -0.139. The fourth-order valence-electron chi connectivity index (χ4n) is 3.46. The first-order valence-electron chi connectivity index (χ1n) is 9.51. The number of benzene rings is 1. The molecule has 0 aliphatic carbocycles. The van der Waals surface area contributed by atoms with Crippen LogP contribution in [0.25, 0.3) is 6.08 Å². The monoisotopic (exact) mass is 502 g/mol. The molecule has 1 aliphatic heterocycles. The van der Waals surface area contributed by atoms with Crippen LogP contribution in [0.5, 0.6) is 5.75 Å². The summed E-state index contributed by atoms with van der Waals surface area (Å²) in [7, 11) is 1.57. The quantitative estimate of drug-likeness (QED) is 0.500. The van der Waals surface area contributed by atoms with Crippen molar-refractivity contribution < 1.29 is 18.7 Å². The molecule has 1 aromatic carbocycles. The second-order valence-electron chi connectivity index (χ2n) is 6.71. The van der Waals surface area contributed by atoms with Crippen LogP contribution in [0.15, 0.2) is 66.5 Å². The number of furan rings is 1. The van der Waals surface area contributed by atoms with E-state index in [1.165, 1.54) is 15.9 Å². The van der Waals surface area contributed by atoms with Crippen LogP contribution in [-0.2, 0) is 9.53 Å². The van der Waals surface area contributed by atoms with Crippen molar-refractivity contribution in [1.29, 1.82) is 0 Å². The number of aromatic nitrogens is 1. The van der Waals surface area contributed by atoms with Gasteiger partial charge in [0, 0.05) is 6.08 Å². The maximum absolute atomic E-state index is 13.4. The van der Waals surface area contributed by atoms with E-state index < -0.39 is 12.0 Å². The van der Waals surface area contributed by atoms with E-state index in [2.05, 4.69) is 20.9 Å². The van der Waals surface area contributed by atoms with Crippen LogP contribution in [0.1, 0.15) is 31.2 Å². The number of carbonyl (C=O) groups excluding carboxylic acids is 1. The molecular formula is C22H19BrN2O5S. The first-order valence-corrected chi connectivity index (χ1v) is 11.1. The third-order valence-corrected chi connectivity index (χ3v) is 6.43. The maximum atomic E-state index is 13.4. The smallest absolute Gasteiger partial charge is 0.338 e. The number of methoxy groups -OCH3 is 1. The molecule has 3 aromatic rings. The first-order chi connectivity index (χ1) is 14.9. The highest BCUT2D eigenvalue weighted by molar-refractivity contribution is 9.10. The van der Waals surface area contributed by atoms with Gasteiger partial charge < -0.3 is 13.9 Å². The normalized spacial score (nSPS) is 16.1. The summed E-state index contributed by atoms with van der Waals surface area (Å²) >= 11 is 4.74. The number of nitrogens with zero attached hydrogens (tertiary/aromatic N) is 2. The molecule has 160 valence electrons. The van der Waals surface area contributed by atoms with Crippen LogP contribution in [-0.4, -0.2) is 24.3 Å². The van der Waals surface area contributed by atoms with Crippen molar-refractivity contribution in [3.63, 3.8) is 0 Å². The number of esters is 1. The van der Waals surface area contributed by atoms with Gasteiger partial charge in [-0.15, -0.1) is 0 Å². The van der Waals surface area contributed by atoms with Crippen molar-refractivity contribution in [3.8, 4) is 5.75 Å². The van der Waals surface area contributed by atoms with E-state index in [0.29, 0.717) is 36.6 Å². The number of hydrogen-bond donors (Lipinski definition) is 0. The summed E-state index contributed by atoms with van der Waals surface area (Å²) in [5.41, 5.74) is 1.32. The van der Waals surface area contributed by atoms with E-state index in [-0.39, 0.29) is 12.2 Å². The molecule has 0 radical (unpaired) electrons. The highest BCUT2D eigenvalue weighted by atomic mass is 79.9. The van der Waals surface area contributed by atoms with E-state index in [1.807, 2.05) is 12.1 Å². The van der Waals surface area contributed by atoms with Gasteiger partial charge >= 0.3 is 5.97 Å². The van der Waals surface area contributed by atoms with Gasteiger partial charge in [0.25, 0.3) is 5.56 Å². The molecule has 0 bridgehead atoms. The number of halogens is 1. The summed E-state index contributed by atoms with van der Waals surface area (Å²) in [6.45, 7) is 3.71. The average Bonchev–Trinajstić information content (AvgIpc) is 3.35. The number of rotatable bonds is 5. The molecule has 0 unspecified atom stereocenters. The second kappa shape index (κ2) is 8.68. The Labute approximate surface area is 190 Å². The minimum Gasteiger partial charge on any atom is -0.496 e. The number of carbonyl (C=O) groups is 1. The summed E-state index contributed by atoms with van der Waals surface area (Å²) in [5, 5.41) is 0. The summed E-state index contributed by atoms with van der Waals surface area (Å²) in [4.78, 5) is 31.3. The van der Waals surface area contributed by atoms with Crippen molar-refractivity contribution in [1.82, 2.24) is 4.57 Å². The van der Waals surface area contributed by atoms with Gasteiger partial charge in [-0.3, -0.25) is 9.36 Å². The van der Waals surface area contributed by atoms with Crippen LogP contribution in [0, 0.1) is 0 Å². The van der Waals surface area contributed by atoms with Gasteiger partial charge in [0.05, 0.1) is 46.3 Å². The SMILES string of the molecule is CCOC(=O)C1=C(C)N=c2s/c(=C\c3ccco3)c(=O)n2[C@@H]1c1ccc(OC)c(Br)c1. The fourth-order valence-corrected chi connectivity index (χ4v) is 5.05. The van der Waals surface area contributed by atoms with Gasteiger partial charge in [-0.05, 0) is 59.6 Å². The van der Waals surface area contributed by atoms with Crippen LogP contribution < -0.4 is 19.6 Å². The van der Waals surface area contributed by atoms with Crippen molar-refractivity contribution in [2.75, 3.05) is 13.7 Å². The standard InChI is InChI=1S/C22H19BrN2O5S/c1-4-29-21(27)18-12(2)24-22-25(19(18)13-7-8-16(28-3)15(23)10-13)20(26)17(31-22)11-14-6-5-9-30-14/h5-11,19H,4H2,1-3H3/b17-11-/t19-/m1/s1. The number of thiazole rings is 1. The largest absolute Gasteiger partial charge is 0.496 e. The zero-order chi connectivity index (χ0) is 22.1. The highest BCUT2D eigenvalue weighted by Crippen LogP contribution is 2.34. The van der Waals surface area contributed by atoms with E-state index >= 15 is 0 Å². The molecule has 4 rings (SSSR count). The highest BCUT2D eigenvalue weighted by Gasteiger charge is 2.33. The second-order valence-corrected chi connectivity index (χ2v) is 8.58. The molecule has 2 aromatic heterocycles. The Hall–Kier alpha value is -2.91. The summed E-state index contributed by atoms with van der Waals surface area (Å²) < 4.78 is 18.7. The van der Waals surface area contributed by atoms with Crippen LogP contribution in [0.2, 0.25) is 0 Å². The van der Waals surface area contributed by atoms with Gasteiger partial charge in [0.1, 0.15) is 11.5 Å². The molecule has 1 aliphatic rings. The summed E-state index contributed by atoms with van der Waals surface area (Å²) in [5.74, 6) is 0.712. The molecule has 0 spiro atoms. The van der Waals surface area contributed by atoms with Crippen LogP contribution >= 0.6 is 27.3 Å². The number of ether oxygens (including phenoxy) is 2. The topological polar surface area (TPSA) is 83.0 Å². The van der Waals surface area contributed by atoms with Gasteiger partial charge in [0.15, 0.2) is 4.80 Å². The van der Waals surface area contributed by atoms with Gasteiger partial charge in [0.2, 0.25) is 0 Å². The molecule has 3 heterocycles. The summed E-state index contributed by atoms with van der Waals surface area (Å²) in [6, 6.07) is 8.29. The lowest BCUT2D eigenvalue weighted by Crippen LogP contribution is -2.39. The molecule has 9 heteroatoms. The van der Waals surface area contributed by atoms with Crippen LogP contribution in [0.4, 0.5) is 0 Å². The molecule has 0 amide bonds. The Bertz CT molecular complexity index is 1350. The van der Waals surface area contributed by atoms with Crippen molar-refractivity contribution in [2.24, 2.45) is 4.99 Å². The Morgan fingerprint density at radius 1 is 1.39 bits per heavy atom. The van der Waals surface area contributed by atoms with E-state index in [0.717, 1.165) is 5.56 Å². The lowest BCUT2D eigenvalue weighted by atomic mass is 9.96. The minimum absolute atomic E-state index is 0.220. The first kappa shape index (κ1) is 21.3. The predicted octanol–water partition coefficient (Wildman–Crippen LogP) is 3.16. The zero-order valence-electron chi connectivity index (χ0n) is 17.0. The zero-order valence-corrected chi connectivity index (χ0v) is 19.5. The molecule has 0 N–H and O–H groups in total. The van der Waals surface area contributed by atoms with Crippen LogP contribution in [0.3, 0.4) is 0 Å². The molecule has 31 heavy (non-hydrogen) atoms. The van der Waals surface area contributed by atoms with Crippen molar-refractivity contribution in [2.45, 2.75) is 19.9 Å². The Balaban J connectivity index is 1.97. The number of allylic oxidation sites excluding steroid dienone is 1. The average molecular weight is 503 g/mol. The number of hydrogen-bond acceptors (Lipinski definition) is 7. The van der Waals surface area contributed by atoms with Crippen molar-refractivity contribution >= 4 is 39.3 Å². The molecule has 0 saturated heterocycles. The predicted molar refractivity (Wildman–Crippen MR) is 120 cm³/mol. The van der Waals surface area contributed by atoms with E-state index in [9.17, 15) is 9.59 Å². The third kappa shape index (κ3) is 3.90. The van der Waals surface area contributed by atoms with Gasteiger partial charge in [-0.1, -0.05) is 17.4 Å². The van der Waals surface area contributed by atoms with Gasteiger partial charge in [-0.25, -0.2) is 9.79 Å². The Kier molecular flexibility index (Phi) is 5.97. The third-order valence-electron chi connectivity index (χ3n) is 4.83. The Morgan fingerprint density at radius 2 is 2.19 bits per heavy atom. The fraction of sp³-hybridized carbons (Fsp3) is 0.227. The van der Waals surface area contributed by atoms with Gasteiger partial charge in [-0.2, -0.15) is 0 Å². The minimum atomic E-state index is -0.684. The summed E-state index contributed by atoms with van der Waals surface area (Å²) in [6.07, 6.45) is 3.22. The Morgan fingerprint density at radius 3 is 2.84 bits per heavy atom. The molecule has 1 atom stereocenters.